The van der Waals surface area contributed by atoms with E-state index in [2.05, 4.69) is 12.2 Å². The molecular weight excluding hydrogens is 557 g/mol. The number of anilines is 2. The number of cyclic esters (lactones) is 1. The lowest BCUT2D eigenvalue weighted by Gasteiger charge is -2.28. The summed E-state index contributed by atoms with van der Waals surface area (Å²) in [7, 11) is 1.71. The number of benzene rings is 1. The first-order valence-electron chi connectivity index (χ1n) is 12.2. The van der Waals surface area contributed by atoms with Gasteiger partial charge in [-0.3, -0.25) is 14.5 Å². The lowest BCUT2D eigenvalue weighted by molar-refractivity contribution is -0.125. The Hall–Kier alpha value is -2.57. The summed E-state index contributed by atoms with van der Waals surface area (Å²) >= 11 is 12.9. The highest BCUT2D eigenvalue weighted by molar-refractivity contribution is 7.18. The van der Waals surface area contributed by atoms with Gasteiger partial charge >= 0.3 is 6.09 Å². The van der Waals surface area contributed by atoms with Crippen LogP contribution in [0.2, 0.25) is 9.36 Å². The number of carbonyl (C=O) groups excluding carboxylic acids is 3. The van der Waals surface area contributed by atoms with E-state index in [1.165, 1.54) is 6.07 Å². The van der Waals surface area contributed by atoms with E-state index in [4.69, 9.17) is 42.1 Å². The van der Waals surface area contributed by atoms with Crippen LogP contribution in [0.25, 0.3) is 0 Å². The average Bonchev–Trinajstić information content (AvgIpc) is 3.33. The molecule has 3 amide bonds. The van der Waals surface area contributed by atoms with Gasteiger partial charge in [0.15, 0.2) is 0 Å². The summed E-state index contributed by atoms with van der Waals surface area (Å²) in [5.74, 6) is 0.0320. The molecule has 2 saturated heterocycles. The number of fused-ring (bicyclic) bond motifs is 3. The Balaban J connectivity index is 0.000000617. The maximum absolute atomic E-state index is 12.8. The maximum Gasteiger partial charge on any atom is 0.415 e. The molecule has 3 aliphatic heterocycles. The van der Waals surface area contributed by atoms with E-state index in [9.17, 15) is 14.4 Å². The fourth-order valence-electron chi connectivity index (χ4n) is 4.35. The Kier molecular flexibility index (Phi) is 9.72. The standard InChI is InChI=1S/C21H19Cl2N3O6S.C4H10O/c22-12-8-17(33-19(12)23)20(28)24-9-16-14-3-5-31-15-7-11(25-4-6-30-10-18(25)27)1-2-13(15)26(14)21(29)32-16;1-3-4-5-2/h1-2,7-8,14,16H,3-6,9-10H2,(H,24,28);3-4H2,1-2H3/t14-,16?;/m0./s1. The third-order valence-electron chi connectivity index (χ3n) is 6.12. The minimum Gasteiger partial charge on any atom is -0.491 e. The molecule has 1 aromatic carbocycles. The van der Waals surface area contributed by atoms with E-state index in [1.54, 1.807) is 35.1 Å². The van der Waals surface area contributed by atoms with Crippen molar-refractivity contribution in [1.29, 1.82) is 0 Å². The molecule has 0 bridgehead atoms. The molecule has 10 nitrogen and oxygen atoms in total. The molecule has 3 aliphatic rings. The van der Waals surface area contributed by atoms with Crippen molar-refractivity contribution in [3.63, 3.8) is 0 Å². The Morgan fingerprint density at radius 2 is 2.05 bits per heavy atom. The van der Waals surface area contributed by atoms with Crippen LogP contribution in [0.3, 0.4) is 0 Å². The van der Waals surface area contributed by atoms with Gasteiger partial charge < -0.3 is 29.2 Å². The molecular formula is C25H29Cl2N3O7S. The van der Waals surface area contributed by atoms with Gasteiger partial charge in [-0.25, -0.2) is 4.79 Å². The number of amides is 3. The van der Waals surface area contributed by atoms with Gasteiger partial charge in [-0.15, -0.1) is 11.3 Å². The van der Waals surface area contributed by atoms with Crippen molar-refractivity contribution in [3.05, 3.63) is 38.5 Å². The summed E-state index contributed by atoms with van der Waals surface area (Å²) in [6, 6.07) is 6.48. The molecule has 0 aliphatic carbocycles. The number of thiophene rings is 1. The zero-order valence-electron chi connectivity index (χ0n) is 21.0. The average molecular weight is 586 g/mol. The van der Waals surface area contributed by atoms with Crippen molar-refractivity contribution in [2.24, 2.45) is 0 Å². The van der Waals surface area contributed by atoms with Gasteiger partial charge in [0.2, 0.25) is 0 Å². The Labute approximate surface area is 234 Å². The highest BCUT2D eigenvalue weighted by Crippen LogP contribution is 2.40. The quantitative estimate of drug-likeness (QED) is 0.536. The van der Waals surface area contributed by atoms with Gasteiger partial charge in [-0.1, -0.05) is 30.1 Å². The summed E-state index contributed by atoms with van der Waals surface area (Å²) < 4.78 is 21.7. The monoisotopic (exact) mass is 585 g/mol. The zero-order chi connectivity index (χ0) is 27.2. The highest BCUT2D eigenvalue weighted by atomic mass is 35.5. The summed E-state index contributed by atoms with van der Waals surface area (Å²) in [5.41, 5.74) is 1.25. The Morgan fingerprint density at radius 1 is 1.24 bits per heavy atom. The number of hydrogen-bond donors (Lipinski definition) is 1. The van der Waals surface area contributed by atoms with Crippen molar-refractivity contribution in [1.82, 2.24) is 5.32 Å². The molecule has 4 heterocycles. The molecule has 1 N–H and O–H groups in total. The van der Waals surface area contributed by atoms with E-state index in [-0.39, 0.29) is 31.0 Å². The minimum atomic E-state index is -0.553. The van der Waals surface area contributed by atoms with Crippen LogP contribution in [0.5, 0.6) is 5.75 Å². The number of hydrogen-bond acceptors (Lipinski definition) is 8. The summed E-state index contributed by atoms with van der Waals surface area (Å²) in [6.07, 6.45) is 0.575. The molecule has 206 valence electrons. The molecule has 0 saturated carbocycles. The Morgan fingerprint density at radius 3 is 2.71 bits per heavy atom. The van der Waals surface area contributed by atoms with Crippen molar-refractivity contribution in [2.45, 2.75) is 31.9 Å². The number of halogens is 2. The number of methoxy groups -OCH3 is 1. The van der Waals surface area contributed by atoms with Crippen molar-refractivity contribution in [3.8, 4) is 5.75 Å². The molecule has 2 aromatic rings. The second-order valence-corrected chi connectivity index (χ2v) is 10.7. The van der Waals surface area contributed by atoms with E-state index >= 15 is 0 Å². The molecule has 5 rings (SSSR count). The number of rotatable bonds is 6. The van der Waals surface area contributed by atoms with E-state index in [1.807, 2.05) is 0 Å². The van der Waals surface area contributed by atoms with Crippen LogP contribution in [0.15, 0.2) is 24.3 Å². The molecule has 0 radical (unpaired) electrons. The first-order valence-corrected chi connectivity index (χ1v) is 13.8. The van der Waals surface area contributed by atoms with Gasteiger partial charge in [-0.2, -0.15) is 0 Å². The van der Waals surface area contributed by atoms with Crippen molar-refractivity contribution >= 4 is 63.8 Å². The van der Waals surface area contributed by atoms with E-state index in [0.717, 1.165) is 24.4 Å². The summed E-state index contributed by atoms with van der Waals surface area (Å²) in [4.78, 5) is 41.0. The number of ether oxygens (including phenoxy) is 4. The minimum absolute atomic E-state index is 0.0374. The second-order valence-electron chi connectivity index (χ2n) is 8.68. The van der Waals surface area contributed by atoms with Gasteiger partial charge in [0.05, 0.1) is 41.4 Å². The third kappa shape index (κ3) is 6.35. The van der Waals surface area contributed by atoms with Crippen LogP contribution in [0.4, 0.5) is 16.2 Å². The largest absolute Gasteiger partial charge is 0.491 e. The lowest BCUT2D eigenvalue weighted by atomic mass is 10.1. The van der Waals surface area contributed by atoms with Gasteiger partial charge in [0, 0.05) is 38.4 Å². The normalized spacial score (nSPS) is 20.4. The topological polar surface area (TPSA) is 107 Å². The van der Waals surface area contributed by atoms with Gasteiger partial charge in [0.25, 0.3) is 11.8 Å². The predicted molar refractivity (Wildman–Crippen MR) is 145 cm³/mol. The molecule has 13 heteroatoms. The first-order chi connectivity index (χ1) is 18.3. The van der Waals surface area contributed by atoms with Gasteiger partial charge in [-0.05, 0) is 24.6 Å². The molecule has 2 fully saturated rings. The molecule has 0 spiro atoms. The van der Waals surface area contributed by atoms with Gasteiger partial charge in [0.1, 0.15) is 22.8 Å². The fraction of sp³-hybridized carbons (Fsp3) is 0.480. The van der Waals surface area contributed by atoms with E-state index in [0.29, 0.717) is 57.5 Å². The first kappa shape index (κ1) is 28.4. The number of nitrogens with one attached hydrogen (secondary N) is 1. The van der Waals surface area contributed by atoms with Crippen LogP contribution < -0.4 is 19.9 Å². The predicted octanol–water partition coefficient (Wildman–Crippen LogP) is 4.37. The van der Waals surface area contributed by atoms with Crippen molar-refractivity contribution < 1.29 is 33.3 Å². The van der Waals surface area contributed by atoms with Crippen LogP contribution in [0, 0.1) is 0 Å². The van der Waals surface area contributed by atoms with Crippen LogP contribution in [-0.2, 0) is 19.0 Å². The number of carbonyl (C=O) groups is 3. The van der Waals surface area contributed by atoms with Crippen LogP contribution >= 0.6 is 34.5 Å². The fourth-order valence-corrected chi connectivity index (χ4v) is 5.63. The number of nitrogens with zero attached hydrogens (tertiary/aromatic N) is 2. The third-order valence-corrected chi connectivity index (χ3v) is 7.99. The zero-order valence-corrected chi connectivity index (χ0v) is 23.4. The maximum atomic E-state index is 12.8. The molecule has 38 heavy (non-hydrogen) atoms. The number of morpholine rings is 1. The molecule has 2 atom stereocenters. The molecule has 1 aromatic heterocycles. The summed E-state index contributed by atoms with van der Waals surface area (Å²) in [6.45, 7) is 4.41. The van der Waals surface area contributed by atoms with E-state index < -0.39 is 12.2 Å². The van der Waals surface area contributed by atoms with Crippen LogP contribution in [0.1, 0.15) is 29.4 Å². The molecule has 1 unspecified atom stereocenters. The summed E-state index contributed by atoms with van der Waals surface area (Å²) in [5, 5.41) is 3.11. The van der Waals surface area contributed by atoms with Crippen LogP contribution in [-0.4, -0.2) is 76.7 Å². The lowest BCUT2D eigenvalue weighted by Crippen LogP contribution is -2.42. The smallest absolute Gasteiger partial charge is 0.415 e. The van der Waals surface area contributed by atoms with Crippen molar-refractivity contribution in [2.75, 3.05) is 56.4 Å². The second kappa shape index (κ2) is 13.0. The highest BCUT2D eigenvalue weighted by Gasteiger charge is 2.45. The SMILES string of the molecule is CCCOC.O=C(NCC1OC(=O)N2c3ccc(N4CCOCC4=O)cc3OCC[C@@H]12)c1cc(Cl)c(Cl)s1. The Bertz CT molecular complexity index is 1160.